The first kappa shape index (κ1) is 13.0. The van der Waals surface area contributed by atoms with Crippen molar-refractivity contribution in [2.45, 2.75) is 12.5 Å². The van der Waals surface area contributed by atoms with Gasteiger partial charge in [-0.1, -0.05) is 41.9 Å². The number of hydrogen-bond donors (Lipinski definition) is 1. The molecule has 1 unspecified atom stereocenters. The van der Waals surface area contributed by atoms with Gasteiger partial charge < -0.3 is 5.32 Å². The highest BCUT2D eigenvalue weighted by molar-refractivity contribution is 6.37. The first-order chi connectivity index (χ1) is 8.77. The summed E-state index contributed by atoms with van der Waals surface area (Å²) in [5.74, 6) is 0. The fraction of sp³-hybridized carbons (Fsp3) is 0.286. The smallest absolute Gasteiger partial charge is 0.153 e. The van der Waals surface area contributed by atoms with Gasteiger partial charge in [0.25, 0.3) is 0 Å². The van der Waals surface area contributed by atoms with Crippen LogP contribution in [0.5, 0.6) is 0 Å². The second kappa shape index (κ2) is 5.94. The Balaban J connectivity index is 2.31. The molecule has 0 radical (unpaired) electrons. The number of halogens is 1. The van der Waals surface area contributed by atoms with Crippen molar-refractivity contribution in [3.8, 4) is 0 Å². The first-order valence-electron chi connectivity index (χ1n) is 5.89. The zero-order valence-electron chi connectivity index (χ0n) is 10.2. The summed E-state index contributed by atoms with van der Waals surface area (Å²) < 4.78 is 0. The summed E-state index contributed by atoms with van der Waals surface area (Å²) in [6.07, 6.45) is 1.52. The highest BCUT2D eigenvalue weighted by Crippen LogP contribution is 2.36. The highest BCUT2D eigenvalue weighted by atomic mass is 35.5. The van der Waals surface area contributed by atoms with Crippen molar-refractivity contribution in [3.05, 3.63) is 46.5 Å². The van der Waals surface area contributed by atoms with Crippen molar-refractivity contribution >= 4 is 23.6 Å². The zero-order valence-corrected chi connectivity index (χ0v) is 10.9. The van der Waals surface area contributed by atoms with Crippen LogP contribution in [0.15, 0.2) is 45.9 Å². The van der Waals surface area contributed by atoms with Gasteiger partial charge in [0.2, 0.25) is 0 Å². The third-order valence-electron chi connectivity index (χ3n) is 2.94. The molecule has 3 nitrogen and oxygen atoms in total. The van der Waals surface area contributed by atoms with Gasteiger partial charge in [-0.2, -0.15) is 0 Å². The Labute approximate surface area is 112 Å². The number of allylic oxidation sites excluding steroid dienone is 1. The molecule has 1 aromatic rings. The fourth-order valence-electron chi connectivity index (χ4n) is 1.99. The number of benzene rings is 1. The van der Waals surface area contributed by atoms with Crippen LogP contribution in [0, 0.1) is 0 Å². The molecule has 0 spiro atoms. The van der Waals surface area contributed by atoms with Gasteiger partial charge in [0.05, 0.1) is 10.6 Å². The van der Waals surface area contributed by atoms with Gasteiger partial charge in [-0.3, -0.25) is 9.79 Å². The molecule has 1 heterocycles. The lowest BCUT2D eigenvalue weighted by Gasteiger charge is -2.07. The number of rotatable bonds is 5. The molecule has 1 aliphatic heterocycles. The van der Waals surface area contributed by atoms with E-state index in [1.807, 2.05) is 37.4 Å². The van der Waals surface area contributed by atoms with E-state index in [0.29, 0.717) is 17.0 Å². The number of carbonyl (C=O) groups is 1. The molecule has 0 amide bonds. The van der Waals surface area contributed by atoms with Crippen molar-refractivity contribution in [1.82, 2.24) is 5.32 Å². The summed E-state index contributed by atoms with van der Waals surface area (Å²) in [6.45, 7) is 0.780. The van der Waals surface area contributed by atoms with Crippen molar-refractivity contribution in [2.75, 3.05) is 13.6 Å². The molecule has 94 valence electrons. The number of nitrogens with zero attached hydrogens (tertiary/aromatic N) is 1. The number of hydrogen-bond acceptors (Lipinski definition) is 3. The minimum Gasteiger partial charge on any atom is -0.319 e. The molecule has 2 rings (SSSR count). The van der Waals surface area contributed by atoms with E-state index in [9.17, 15) is 4.79 Å². The van der Waals surface area contributed by atoms with Crippen LogP contribution in [-0.4, -0.2) is 25.6 Å². The average molecular weight is 263 g/mol. The SMILES string of the molecule is CNCCC1=NC(c2ccccc2)C(Cl)=C1C=O. The topological polar surface area (TPSA) is 41.5 Å². The minimum absolute atomic E-state index is 0.222. The third-order valence-corrected chi connectivity index (χ3v) is 3.35. The second-order valence-corrected chi connectivity index (χ2v) is 4.53. The predicted octanol–water partition coefficient (Wildman–Crippen LogP) is 2.48. The van der Waals surface area contributed by atoms with E-state index in [4.69, 9.17) is 11.6 Å². The molecule has 0 bridgehead atoms. The third kappa shape index (κ3) is 2.52. The van der Waals surface area contributed by atoms with E-state index in [0.717, 1.165) is 24.1 Å². The Morgan fingerprint density at radius 1 is 1.39 bits per heavy atom. The molecular formula is C14H15ClN2O. The maximum atomic E-state index is 11.1. The second-order valence-electron chi connectivity index (χ2n) is 4.12. The summed E-state index contributed by atoms with van der Waals surface area (Å²) in [6, 6.07) is 9.56. The Hall–Kier alpha value is -1.45. The Kier molecular flexibility index (Phi) is 4.28. The van der Waals surface area contributed by atoms with E-state index in [-0.39, 0.29) is 6.04 Å². The summed E-state index contributed by atoms with van der Waals surface area (Å²) in [7, 11) is 1.87. The van der Waals surface area contributed by atoms with Crippen LogP contribution in [0.1, 0.15) is 18.0 Å². The average Bonchev–Trinajstić information content (AvgIpc) is 2.73. The van der Waals surface area contributed by atoms with E-state index in [1.54, 1.807) is 0 Å². The molecule has 0 aliphatic carbocycles. The van der Waals surface area contributed by atoms with Crippen LogP contribution in [0.3, 0.4) is 0 Å². The van der Waals surface area contributed by atoms with Gasteiger partial charge in [0, 0.05) is 18.7 Å². The highest BCUT2D eigenvalue weighted by Gasteiger charge is 2.27. The maximum absolute atomic E-state index is 11.1. The molecule has 0 saturated heterocycles. The van der Waals surface area contributed by atoms with Crippen molar-refractivity contribution < 1.29 is 4.79 Å². The van der Waals surface area contributed by atoms with Crippen LogP contribution >= 0.6 is 11.6 Å². The number of aldehydes is 1. The Morgan fingerprint density at radius 2 is 2.11 bits per heavy atom. The van der Waals surface area contributed by atoms with Crippen molar-refractivity contribution in [3.63, 3.8) is 0 Å². The van der Waals surface area contributed by atoms with Crippen LogP contribution in [0.4, 0.5) is 0 Å². The molecular weight excluding hydrogens is 248 g/mol. The van der Waals surface area contributed by atoms with Gasteiger partial charge in [0.1, 0.15) is 6.04 Å². The minimum atomic E-state index is -0.222. The summed E-state index contributed by atoms with van der Waals surface area (Å²) in [4.78, 5) is 15.7. The number of carbonyl (C=O) groups excluding carboxylic acids is 1. The van der Waals surface area contributed by atoms with Gasteiger partial charge in [-0.05, 0) is 12.6 Å². The summed E-state index contributed by atoms with van der Waals surface area (Å²) in [5.41, 5.74) is 2.35. The molecule has 0 saturated carbocycles. The van der Waals surface area contributed by atoms with E-state index >= 15 is 0 Å². The predicted molar refractivity (Wildman–Crippen MR) is 74.1 cm³/mol. The lowest BCUT2D eigenvalue weighted by molar-refractivity contribution is -0.104. The van der Waals surface area contributed by atoms with Gasteiger partial charge >= 0.3 is 0 Å². The zero-order chi connectivity index (χ0) is 13.0. The van der Waals surface area contributed by atoms with Crippen LogP contribution in [0.25, 0.3) is 0 Å². The largest absolute Gasteiger partial charge is 0.319 e. The Bertz CT molecular complexity index is 494. The number of nitrogens with one attached hydrogen (secondary N) is 1. The van der Waals surface area contributed by atoms with Gasteiger partial charge in [-0.15, -0.1) is 0 Å². The fourth-order valence-corrected chi connectivity index (χ4v) is 2.32. The molecule has 1 N–H and O–H groups in total. The molecule has 4 heteroatoms. The van der Waals surface area contributed by atoms with Crippen molar-refractivity contribution in [2.24, 2.45) is 4.99 Å². The summed E-state index contributed by atoms with van der Waals surface area (Å²) >= 11 is 6.27. The quantitative estimate of drug-likeness (QED) is 0.829. The number of aliphatic imine (C=N–C) groups is 1. The monoisotopic (exact) mass is 262 g/mol. The maximum Gasteiger partial charge on any atom is 0.153 e. The van der Waals surface area contributed by atoms with Crippen molar-refractivity contribution in [1.29, 1.82) is 0 Å². The van der Waals surface area contributed by atoms with Crippen LogP contribution < -0.4 is 5.32 Å². The van der Waals surface area contributed by atoms with Gasteiger partial charge in [0.15, 0.2) is 6.29 Å². The molecule has 1 atom stereocenters. The lowest BCUT2D eigenvalue weighted by Crippen LogP contribution is -2.13. The van der Waals surface area contributed by atoms with Crippen LogP contribution in [0.2, 0.25) is 0 Å². The first-order valence-corrected chi connectivity index (χ1v) is 6.27. The van der Waals surface area contributed by atoms with E-state index in [1.165, 1.54) is 0 Å². The van der Waals surface area contributed by atoms with Gasteiger partial charge in [-0.25, -0.2) is 0 Å². The van der Waals surface area contributed by atoms with E-state index < -0.39 is 0 Å². The summed E-state index contributed by atoms with van der Waals surface area (Å²) in [5, 5.41) is 3.58. The normalized spacial score (nSPS) is 19.0. The Morgan fingerprint density at radius 3 is 2.72 bits per heavy atom. The molecule has 18 heavy (non-hydrogen) atoms. The lowest BCUT2D eigenvalue weighted by atomic mass is 10.1. The van der Waals surface area contributed by atoms with Crippen LogP contribution in [-0.2, 0) is 4.79 Å². The molecule has 0 aromatic heterocycles. The van der Waals surface area contributed by atoms with E-state index in [2.05, 4.69) is 10.3 Å². The molecule has 1 aromatic carbocycles. The molecule has 1 aliphatic rings. The molecule has 0 fully saturated rings. The standard InChI is InChI=1S/C14H15ClN2O/c1-16-8-7-12-11(9-18)13(15)14(17-12)10-5-3-2-4-6-10/h2-6,9,14,16H,7-8H2,1H3.